The minimum atomic E-state index is -0.511. The van der Waals surface area contributed by atoms with E-state index in [1.165, 1.54) is 0 Å². The van der Waals surface area contributed by atoms with Crippen molar-refractivity contribution in [3.63, 3.8) is 0 Å². The van der Waals surface area contributed by atoms with Gasteiger partial charge in [-0.3, -0.25) is 4.79 Å². The Labute approximate surface area is 214 Å². The first-order valence-corrected chi connectivity index (χ1v) is 13.6. The van der Waals surface area contributed by atoms with Crippen LogP contribution < -0.4 is 14.8 Å². The molecular formula is C28H29N3O4S. The number of hydrogen-bond acceptors (Lipinski definition) is 6. The highest BCUT2D eigenvalue weighted by atomic mass is 32.1. The van der Waals surface area contributed by atoms with Gasteiger partial charge < -0.3 is 19.7 Å². The van der Waals surface area contributed by atoms with E-state index in [0.717, 1.165) is 65.3 Å². The van der Waals surface area contributed by atoms with Gasteiger partial charge in [0.05, 0.1) is 16.5 Å². The molecule has 3 heterocycles. The van der Waals surface area contributed by atoms with E-state index < -0.39 is 6.09 Å². The fraction of sp³-hybridized carbons (Fsp3) is 0.393. The van der Waals surface area contributed by atoms with Gasteiger partial charge in [-0.15, -0.1) is 11.3 Å². The van der Waals surface area contributed by atoms with Gasteiger partial charge in [-0.1, -0.05) is 36.4 Å². The maximum Gasteiger partial charge on any atom is 0.412 e. The summed E-state index contributed by atoms with van der Waals surface area (Å²) in [6.07, 6.45) is 5.30. The Kier molecular flexibility index (Phi) is 6.35. The molecule has 8 heteroatoms. The molecule has 1 saturated heterocycles. The molecule has 0 radical (unpaired) electrons. The van der Waals surface area contributed by atoms with Gasteiger partial charge in [0.1, 0.15) is 17.2 Å². The highest BCUT2D eigenvalue weighted by molar-refractivity contribution is 7.15. The number of benzene rings is 2. The first-order chi connectivity index (χ1) is 17.7. The molecule has 1 saturated carbocycles. The van der Waals surface area contributed by atoms with Gasteiger partial charge >= 0.3 is 6.09 Å². The molecule has 1 aliphatic carbocycles. The zero-order chi connectivity index (χ0) is 24.5. The summed E-state index contributed by atoms with van der Waals surface area (Å²) in [5.74, 6) is 1.74. The van der Waals surface area contributed by atoms with E-state index in [1.807, 2.05) is 47.4 Å². The maximum absolute atomic E-state index is 13.8. The van der Waals surface area contributed by atoms with Gasteiger partial charge in [0.15, 0.2) is 0 Å². The molecule has 2 fully saturated rings. The van der Waals surface area contributed by atoms with Crippen LogP contribution in [0.3, 0.4) is 0 Å². The summed E-state index contributed by atoms with van der Waals surface area (Å²) in [7, 11) is 0. The monoisotopic (exact) mass is 503 g/mol. The number of carbonyl (C=O) groups is 2. The molecule has 0 spiro atoms. The summed E-state index contributed by atoms with van der Waals surface area (Å²) < 4.78 is 11.2. The quantitative estimate of drug-likeness (QED) is 0.487. The Balaban J connectivity index is 1.17. The second kappa shape index (κ2) is 9.93. The van der Waals surface area contributed by atoms with E-state index in [9.17, 15) is 9.59 Å². The van der Waals surface area contributed by atoms with Crippen LogP contribution in [0, 0.1) is 0 Å². The molecule has 1 atom stereocenters. The Morgan fingerprint density at radius 2 is 1.94 bits per heavy atom. The Morgan fingerprint density at radius 3 is 2.78 bits per heavy atom. The second-order valence-corrected chi connectivity index (χ2v) is 10.7. The van der Waals surface area contributed by atoms with Crippen molar-refractivity contribution in [2.45, 2.75) is 50.5 Å². The van der Waals surface area contributed by atoms with Crippen molar-refractivity contribution in [3.05, 3.63) is 64.8 Å². The van der Waals surface area contributed by atoms with E-state index in [1.54, 1.807) is 17.4 Å². The van der Waals surface area contributed by atoms with Crippen molar-refractivity contribution in [1.29, 1.82) is 0 Å². The summed E-state index contributed by atoms with van der Waals surface area (Å²) in [6, 6.07) is 15.4. The molecule has 1 N–H and O–H groups in total. The zero-order valence-corrected chi connectivity index (χ0v) is 20.9. The lowest BCUT2D eigenvalue weighted by atomic mass is 10.0. The number of fused-ring (bicyclic) bond motifs is 1. The average molecular weight is 504 g/mol. The number of ether oxygens (including phenoxy) is 2. The molecule has 7 nitrogen and oxygen atoms in total. The molecule has 36 heavy (non-hydrogen) atoms. The minimum Gasteiger partial charge on any atom is -0.493 e. The Hall–Kier alpha value is -3.39. The lowest BCUT2D eigenvalue weighted by Crippen LogP contribution is -2.50. The lowest BCUT2D eigenvalue weighted by molar-refractivity contribution is 0.0607. The van der Waals surface area contributed by atoms with Gasteiger partial charge in [-0.05, 0) is 49.8 Å². The fourth-order valence-corrected chi connectivity index (χ4v) is 6.24. The van der Waals surface area contributed by atoms with Gasteiger partial charge in [0, 0.05) is 37.0 Å². The maximum atomic E-state index is 13.8. The van der Waals surface area contributed by atoms with Gasteiger partial charge in [0.2, 0.25) is 0 Å². The minimum absolute atomic E-state index is 0.0464. The number of carbonyl (C=O) groups excluding carboxylic acids is 2. The topological polar surface area (TPSA) is 80.8 Å². The van der Waals surface area contributed by atoms with E-state index in [4.69, 9.17) is 14.5 Å². The van der Waals surface area contributed by atoms with Gasteiger partial charge in [0.25, 0.3) is 5.91 Å². The Bertz CT molecular complexity index is 1270. The molecule has 186 valence electrons. The van der Waals surface area contributed by atoms with Crippen LogP contribution >= 0.6 is 11.3 Å². The van der Waals surface area contributed by atoms with E-state index in [0.29, 0.717) is 37.1 Å². The number of likely N-dealkylation sites (tertiary alicyclic amines) is 1. The predicted molar refractivity (Wildman–Crippen MR) is 138 cm³/mol. The molecule has 2 aliphatic heterocycles. The second-order valence-electron chi connectivity index (χ2n) is 9.62. The number of aromatic nitrogens is 1. The highest BCUT2D eigenvalue weighted by Gasteiger charge is 2.34. The van der Waals surface area contributed by atoms with E-state index >= 15 is 0 Å². The van der Waals surface area contributed by atoms with Crippen LogP contribution in [0.5, 0.6) is 11.5 Å². The number of piperidine rings is 1. The predicted octanol–water partition coefficient (Wildman–Crippen LogP) is 5.41. The smallest absolute Gasteiger partial charge is 0.412 e. The molecular weight excluding hydrogens is 474 g/mol. The summed E-state index contributed by atoms with van der Waals surface area (Å²) in [6.45, 7) is 1.60. The number of thiazole rings is 1. The van der Waals surface area contributed by atoms with Gasteiger partial charge in [-0.25, -0.2) is 9.78 Å². The lowest BCUT2D eigenvalue weighted by Gasteiger charge is -2.35. The third-order valence-electron chi connectivity index (χ3n) is 7.08. The number of rotatable bonds is 6. The first kappa shape index (κ1) is 23.0. The van der Waals surface area contributed by atoms with Crippen molar-refractivity contribution in [1.82, 2.24) is 15.2 Å². The SMILES string of the molecule is O=C(NC[C@@H]1CCCCN1C(=O)c1nc(C2CC2)sc1-c1ccccc1)Oc1cccc2c1CCO2. The molecule has 1 aromatic heterocycles. The summed E-state index contributed by atoms with van der Waals surface area (Å²) in [5.41, 5.74) is 2.49. The van der Waals surface area contributed by atoms with Crippen LogP contribution in [0.1, 0.15) is 59.1 Å². The standard InChI is InChI=1S/C28H29N3O4S/c32-27(24-25(18-7-2-1-3-8-18)36-26(30-24)19-12-13-19)31-15-5-4-9-20(31)17-29-28(33)35-23-11-6-10-22-21(23)14-16-34-22/h1-3,6-8,10-11,19-20H,4-5,9,12-17H2,(H,29,33)/t20-/m0/s1. The molecule has 0 unspecified atom stereocenters. The number of nitrogens with zero attached hydrogens (tertiary/aromatic N) is 2. The van der Waals surface area contributed by atoms with Crippen molar-refractivity contribution >= 4 is 23.3 Å². The largest absolute Gasteiger partial charge is 0.493 e. The molecule has 2 aromatic carbocycles. The summed E-state index contributed by atoms with van der Waals surface area (Å²) >= 11 is 1.65. The Morgan fingerprint density at radius 1 is 1.08 bits per heavy atom. The zero-order valence-electron chi connectivity index (χ0n) is 20.1. The van der Waals surface area contributed by atoms with Crippen LogP contribution in [0.25, 0.3) is 10.4 Å². The molecule has 6 rings (SSSR count). The highest BCUT2D eigenvalue weighted by Crippen LogP contribution is 2.45. The molecule has 3 aromatic rings. The van der Waals surface area contributed by atoms with E-state index in [-0.39, 0.29) is 11.9 Å². The van der Waals surface area contributed by atoms with Crippen LogP contribution in [0.4, 0.5) is 4.79 Å². The first-order valence-electron chi connectivity index (χ1n) is 12.7. The van der Waals surface area contributed by atoms with Crippen molar-refractivity contribution in [2.24, 2.45) is 0 Å². The summed E-state index contributed by atoms with van der Waals surface area (Å²) in [4.78, 5) is 34.2. The van der Waals surface area contributed by atoms with Crippen molar-refractivity contribution < 1.29 is 19.1 Å². The molecule has 2 amide bonds. The van der Waals surface area contributed by atoms with Crippen molar-refractivity contribution in [2.75, 3.05) is 19.7 Å². The van der Waals surface area contributed by atoms with Crippen LogP contribution in [-0.2, 0) is 6.42 Å². The van der Waals surface area contributed by atoms with Crippen LogP contribution in [0.15, 0.2) is 48.5 Å². The summed E-state index contributed by atoms with van der Waals surface area (Å²) in [5, 5.41) is 3.96. The molecule has 3 aliphatic rings. The third-order valence-corrected chi connectivity index (χ3v) is 8.35. The van der Waals surface area contributed by atoms with Crippen LogP contribution in [-0.4, -0.2) is 47.6 Å². The normalized spacial score (nSPS) is 18.9. The van der Waals surface area contributed by atoms with Crippen molar-refractivity contribution in [3.8, 4) is 21.9 Å². The third kappa shape index (κ3) is 4.69. The number of amides is 2. The average Bonchev–Trinajstić information content (AvgIpc) is 3.47. The number of nitrogens with one attached hydrogen (secondary N) is 1. The molecule has 0 bridgehead atoms. The van der Waals surface area contributed by atoms with E-state index in [2.05, 4.69) is 5.32 Å². The number of hydrogen-bond donors (Lipinski definition) is 1. The van der Waals surface area contributed by atoms with Gasteiger partial charge in [-0.2, -0.15) is 0 Å². The van der Waals surface area contributed by atoms with Crippen LogP contribution in [0.2, 0.25) is 0 Å². The fourth-order valence-electron chi connectivity index (χ4n) is 5.01.